The Morgan fingerprint density at radius 3 is 2.55 bits per heavy atom. The normalized spacial score (nSPS) is 13.2. The second-order valence-electron chi connectivity index (χ2n) is 7.05. The molecule has 158 valence electrons. The quantitative estimate of drug-likeness (QED) is 0.608. The molecule has 0 bridgehead atoms. The first-order chi connectivity index (χ1) is 14.8. The number of benzene rings is 3. The minimum atomic E-state index is -3.99. The maximum absolute atomic E-state index is 14.0. The van der Waals surface area contributed by atoms with Gasteiger partial charge in [-0.2, -0.15) is 5.26 Å². The third kappa shape index (κ3) is 3.68. The summed E-state index contributed by atoms with van der Waals surface area (Å²) in [6, 6.07) is 16.3. The summed E-state index contributed by atoms with van der Waals surface area (Å²) in [5, 5.41) is 9.19. The summed E-state index contributed by atoms with van der Waals surface area (Å²) in [5.41, 5.74) is 2.62. The van der Waals surface area contributed by atoms with Gasteiger partial charge in [-0.3, -0.25) is 4.31 Å². The molecule has 0 saturated carbocycles. The number of halogens is 1. The SMILES string of the molecule is COc1cc(-c2ccc3c(c2)N(S(=O)(=O)c2ccc(C)c(F)c2)CCO3)ccc1C#N. The zero-order chi connectivity index (χ0) is 22.2. The third-order valence-corrected chi connectivity index (χ3v) is 6.98. The van der Waals surface area contributed by atoms with Gasteiger partial charge in [0.05, 0.1) is 29.8 Å². The van der Waals surface area contributed by atoms with Crippen LogP contribution in [-0.2, 0) is 10.0 Å². The average molecular weight is 438 g/mol. The van der Waals surface area contributed by atoms with Gasteiger partial charge in [0, 0.05) is 0 Å². The Balaban J connectivity index is 1.80. The van der Waals surface area contributed by atoms with Crippen molar-refractivity contribution >= 4 is 15.7 Å². The van der Waals surface area contributed by atoms with Gasteiger partial charge < -0.3 is 9.47 Å². The van der Waals surface area contributed by atoms with Gasteiger partial charge in [0.25, 0.3) is 10.0 Å². The van der Waals surface area contributed by atoms with Crippen LogP contribution >= 0.6 is 0 Å². The van der Waals surface area contributed by atoms with Crippen LogP contribution in [0.5, 0.6) is 11.5 Å². The maximum atomic E-state index is 14.0. The summed E-state index contributed by atoms with van der Waals surface area (Å²) < 4.78 is 52.8. The van der Waals surface area contributed by atoms with E-state index < -0.39 is 15.8 Å². The second-order valence-corrected chi connectivity index (χ2v) is 8.91. The van der Waals surface area contributed by atoms with Gasteiger partial charge >= 0.3 is 0 Å². The molecule has 0 fully saturated rings. The van der Waals surface area contributed by atoms with Crippen molar-refractivity contribution in [2.75, 3.05) is 24.6 Å². The van der Waals surface area contributed by atoms with Gasteiger partial charge in [0.1, 0.15) is 30.0 Å². The maximum Gasteiger partial charge on any atom is 0.264 e. The number of sulfonamides is 1. The third-order valence-electron chi connectivity index (χ3n) is 5.17. The molecule has 0 unspecified atom stereocenters. The van der Waals surface area contributed by atoms with E-state index in [-0.39, 0.29) is 18.0 Å². The fourth-order valence-corrected chi connectivity index (χ4v) is 4.91. The van der Waals surface area contributed by atoms with Crippen LogP contribution in [0.4, 0.5) is 10.1 Å². The highest BCUT2D eigenvalue weighted by molar-refractivity contribution is 7.92. The Bertz CT molecular complexity index is 1320. The number of hydrogen-bond donors (Lipinski definition) is 0. The van der Waals surface area contributed by atoms with E-state index in [2.05, 4.69) is 6.07 Å². The summed E-state index contributed by atoms with van der Waals surface area (Å²) in [6.45, 7) is 1.86. The van der Waals surface area contributed by atoms with E-state index in [1.54, 1.807) is 43.3 Å². The number of anilines is 1. The molecular formula is C23H19FN2O4S. The van der Waals surface area contributed by atoms with Crippen LogP contribution in [0, 0.1) is 24.1 Å². The Morgan fingerprint density at radius 1 is 1.10 bits per heavy atom. The van der Waals surface area contributed by atoms with E-state index in [1.807, 2.05) is 0 Å². The van der Waals surface area contributed by atoms with E-state index in [9.17, 15) is 18.1 Å². The predicted octanol–water partition coefficient (Wildman–Crippen LogP) is 4.27. The highest BCUT2D eigenvalue weighted by Crippen LogP contribution is 2.39. The Labute approximate surface area is 180 Å². The lowest BCUT2D eigenvalue weighted by atomic mass is 10.0. The van der Waals surface area contributed by atoms with Crippen LogP contribution in [0.2, 0.25) is 0 Å². The summed E-state index contributed by atoms with van der Waals surface area (Å²) >= 11 is 0. The van der Waals surface area contributed by atoms with E-state index in [1.165, 1.54) is 23.5 Å². The molecule has 0 saturated heterocycles. The highest BCUT2D eigenvalue weighted by atomic mass is 32.2. The van der Waals surface area contributed by atoms with Crippen LogP contribution in [0.1, 0.15) is 11.1 Å². The molecule has 4 rings (SSSR count). The van der Waals surface area contributed by atoms with Crippen LogP contribution in [0.15, 0.2) is 59.5 Å². The molecule has 1 aliphatic heterocycles. The van der Waals surface area contributed by atoms with Crippen LogP contribution in [-0.4, -0.2) is 28.7 Å². The molecule has 0 aromatic heterocycles. The Kier molecular flexibility index (Phi) is 5.29. The molecule has 0 radical (unpaired) electrons. The molecule has 31 heavy (non-hydrogen) atoms. The summed E-state index contributed by atoms with van der Waals surface area (Å²) in [4.78, 5) is -0.117. The number of ether oxygens (including phenoxy) is 2. The summed E-state index contributed by atoms with van der Waals surface area (Å²) in [6.07, 6.45) is 0. The van der Waals surface area contributed by atoms with E-state index in [4.69, 9.17) is 9.47 Å². The van der Waals surface area contributed by atoms with Crippen LogP contribution in [0.3, 0.4) is 0 Å². The molecule has 3 aromatic carbocycles. The number of aryl methyl sites for hydroxylation is 1. The van der Waals surface area contributed by atoms with Gasteiger partial charge in [-0.1, -0.05) is 18.2 Å². The molecule has 0 aliphatic carbocycles. The minimum absolute atomic E-state index is 0.102. The molecule has 1 heterocycles. The second kappa shape index (κ2) is 7.93. The number of hydrogen-bond acceptors (Lipinski definition) is 5. The topological polar surface area (TPSA) is 79.6 Å². The lowest BCUT2D eigenvalue weighted by Crippen LogP contribution is -2.38. The van der Waals surface area contributed by atoms with Gasteiger partial charge in [-0.25, -0.2) is 12.8 Å². The molecule has 0 N–H and O–H groups in total. The van der Waals surface area contributed by atoms with Crippen molar-refractivity contribution in [3.8, 4) is 28.7 Å². The monoisotopic (exact) mass is 438 g/mol. The van der Waals surface area contributed by atoms with Gasteiger partial charge in [-0.05, 0) is 60.0 Å². The Hall–Kier alpha value is -3.57. The zero-order valence-corrected chi connectivity index (χ0v) is 17.7. The Morgan fingerprint density at radius 2 is 1.84 bits per heavy atom. The molecule has 1 aliphatic rings. The molecule has 0 amide bonds. The standard InChI is InChI=1S/C23H19FN2O4S/c1-15-3-7-19(13-20(15)24)31(27,28)26-9-10-30-22-8-6-16(11-21(22)26)17-4-5-18(14-25)23(12-17)29-2/h3-8,11-13H,9-10H2,1-2H3. The number of nitrogens with zero attached hydrogens (tertiary/aromatic N) is 2. The van der Waals surface area contributed by atoms with E-state index in [0.29, 0.717) is 28.3 Å². The minimum Gasteiger partial charge on any atom is -0.495 e. The van der Waals surface area contributed by atoms with Crippen molar-refractivity contribution in [3.05, 3.63) is 71.5 Å². The predicted molar refractivity (Wildman–Crippen MR) is 114 cm³/mol. The smallest absolute Gasteiger partial charge is 0.264 e. The van der Waals surface area contributed by atoms with Crippen molar-refractivity contribution < 1.29 is 22.3 Å². The fourth-order valence-electron chi connectivity index (χ4n) is 3.45. The summed E-state index contributed by atoms with van der Waals surface area (Å²) in [5.74, 6) is 0.272. The molecule has 0 spiro atoms. The highest BCUT2D eigenvalue weighted by Gasteiger charge is 2.31. The van der Waals surface area contributed by atoms with Crippen molar-refractivity contribution in [1.29, 1.82) is 5.26 Å². The van der Waals surface area contributed by atoms with Crippen molar-refractivity contribution in [1.82, 2.24) is 0 Å². The van der Waals surface area contributed by atoms with Gasteiger partial charge in [0.2, 0.25) is 0 Å². The van der Waals surface area contributed by atoms with E-state index in [0.717, 1.165) is 17.2 Å². The number of methoxy groups -OCH3 is 1. The first-order valence-electron chi connectivity index (χ1n) is 9.49. The molecular weight excluding hydrogens is 419 g/mol. The number of rotatable bonds is 4. The fraction of sp³-hybridized carbons (Fsp3) is 0.174. The van der Waals surface area contributed by atoms with Crippen molar-refractivity contribution in [3.63, 3.8) is 0 Å². The van der Waals surface area contributed by atoms with Crippen molar-refractivity contribution in [2.24, 2.45) is 0 Å². The van der Waals surface area contributed by atoms with Crippen LogP contribution in [0.25, 0.3) is 11.1 Å². The first-order valence-corrected chi connectivity index (χ1v) is 10.9. The largest absolute Gasteiger partial charge is 0.495 e. The zero-order valence-electron chi connectivity index (χ0n) is 16.9. The summed E-state index contributed by atoms with van der Waals surface area (Å²) in [7, 11) is -2.51. The van der Waals surface area contributed by atoms with Crippen molar-refractivity contribution in [2.45, 2.75) is 11.8 Å². The lowest BCUT2D eigenvalue weighted by molar-refractivity contribution is 0.316. The van der Waals surface area contributed by atoms with Gasteiger partial charge in [-0.15, -0.1) is 0 Å². The number of nitriles is 1. The van der Waals surface area contributed by atoms with Gasteiger partial charge in [0.15, 0.2) is 0 Å². The molecule has 0 atom stereocenters. The number of fused-ring (bicyclic) bond motifs is 1. The first kappa shape index (κ1) is 20.7. The molecule has 6 nitrogen and oxygen atoms in total. The average Bonchev–Trinajstić information content (AvgIpc) is 2.79. The van der Waals surface area contributed by atoms with Crippen LogP contribution < -0.4 is 13.8 Å². The lowest BCUT2D eigenvalue weighted by Gasteiger charge is -2.31. The molecule has 3 aromatic rings. The molecule has 8 heteroatoms. The van der Waals surface area contributed by atoms with E-state index >= 15 is 0 Å².